The zero-order chi connectivity index (χ0) is 23.5. The number of nitrogens with one attached hydrogen (secondary N) is 1. The van der Waals surface area contributed by atoms with Gasteiger partial charge in [-0.3, -0.25) is 23.5 Å². The summed E-state index contributed by atoms with van der Waals surface area (Å²) in [4.78, 5) is 38.7. The summed E-state index contributed by atoms with van der Waals surface area (Å²) in [6.45, 7) is 1.60. The Kier molecular flexibility index (Phi) is 6.42. The van der Waals surface area contributed by atoms with Gasteiger partial charge in [-0.25, -0.2) is 4.39 Å². The first-order chi connectivity index (χ1) is 15.8. The zero-order valence-corrected chi connectivity index (χ0v) is 18.6. The first-order valence-corrected chi connectivity index (χ1v) is 10.7. The highest BCUT2D eigenvalue weighted by molar-refractivity contribution is 6.31. The lowest BCUT2D eigenvalue weighted by Crippen LogP contribution is -2.44. The maximum atomic E-state index is 13.2. The Morgan fingerprint density at radius 2 is 1.61 bits per heavy atom. The van der Waals surface area contributed by atoms with Gasteiger partial charge in [-0.1, -0.05) is 54.1 Å². The minimum absolute atomic E-state index is 0.210. The maximum absolute atomic E-state index is 13.2. The molecule has 1 N–H and O–H groups in total. The fraction of sp³-hybridized carbons (Fsp3) is 0.160. The molecule has 1 atom stereocenters. The molecule has 8 heteroatoms. The molecule has 4 rings (SSSR count). The summed E-state index contributed by atoms with van der Waals surface area (Å²) in [5.41, 5.74) is 0.903. The Bertz CT molecular complexity index is 1430. The first-order valence-electron chi connectivity index (χ1n) is 10.3. The number of nitrogens with zero attached hydrogens (tertiary/aromatic N) is 2. The highest BCUT2D eigenvalue weighted by atomic mass is 35.5. The van der Waals surface area contributed by atoms with E-state index in [0.717, 1.165) is 10.1 Å². The number of carbonyl (C=O) groups is 1. The lowest BCUT2D eigenvalue weighted by atomic mass is 10.1. The van der Waals surface area contributed by atoms with Crippen LogP contribution in [0.2, 0.25) is 5.02 Å². The Labute approximate surface area is 193 Å². The number of hydrogen-bond donors (Lipinski definition) is 1. The van der Waals surface area contributed by atoms with Gasteiger partial charge >= 0.3 is 11.1 Å². The van der Waals surface area contributed by atoms with Crippen molar-refractivity contribution in [3.8, 4) is 0 Å². The van der Waals surface area contributed by atoms with Crippen molar-refractivity contribution in [3.05, 3.63) is 115 Å². The van der Waals surface area contributed by atoms with E-state index in [-0.39, 0.29) is 18.9 Å². The van der Waals surface area contributed by atoms with Gasteiger partial charge in [0.05, 0.1) is 23.6 Å². The highest BCUT2D eigenvalue weighted by Crippen LogP contribution is 2.19. The summed E-state index contributed by atoms with van der Waals surface area (Å²) in [5, 5.41) is 3.16. The van der Waals surface area contributed by atoms with E-state index < -0.39 is 23.1 Å². The molecule has 168 valence electrons. The molecular formula is C25H21ClFN3O3. The van der Waals surface area contributed by atoms with Crippen LogP contribution in [0, 0.1) is 5.82 Å². The highest BCUT2D eigenvalue weighted by Gasteiger charge is 2.17. The summed E-state index contributed by atoms with van der Waals surface area (Å²) in [6.07, 6.45) is 0. The number of halogens is 2. The molecule has 3 aromatic carbocycles. The van der Waals surface area contributed by atoms with Crippen LogP contribution in [-0.2, 0) is 17.9 Å². The molecule has 0 fully saturated rings. The normalized spacial score (nSPS) is 12.0. The second-order valence-corrected chi connectivity index (χ2v) is 8.18. The second kappa shape index (κ2) is 9.42. The monoisotopic (exact) mass is 465 g/mol. The average molecular weight is 466 g/mol. The predicted molar refractivity (Wildman–Crippen MR) is 126 cm³/mol. The third-order valence-electron chi connectivity index (χ3n) is 5.43. The van der Waals surface area contributed by atoms with Crippen LogP contribution in [0.15, 0.2) is 82.4 Å². The topological polar surface area (TPSA) is 73.1 Å². The molecule has 0 saturated carbocycles. The smallest absolute Gasteiger partial charge is 0.317 e. The van der Waals surface area contributed by atoms with Crippen molar-refractivity contribution in [2.24, 2.45) is 0 Å². The van der Waals surface area contributed by atoms with Crippen molar-refractivity contribution in [2.45, 2.75) is 26.1 Å². The van der Waals surface area contributed by atoms with E-state index in [9.17, 15) is 18.8 Å². The third kappa shape index (κ3) is 4.88. The lowest BCUT2D eigenvalue weighted by molar-refractivity contribution is -0.122. The molecule has 0 saturated heterocycles. The van der Waals surface area contributed by atoms with Gasteiger partial charge in [-0.15, -0.1) is 0 Å². The molecule has 0 spiro atoms. The molecule has 0 aliphatic carbocycles. The van der Waals surface area contributed by atoms with Gasteiger partial charge < -0.3 is 5.32 Å². The van der Waals surface area contributed by atoms with Crippen LogP contribution in [0.5, 0.6) is 0 Å². The number of aromatic nitrogens is 2. The SMILES string of the molecule is C[C@H](NC(=O)Cn1c(=O)c(=O)n(Cc2ccccc2)c2ccc(Cl)cc21)c1ccc(F)cc1. The molecule has 6 nitrogen and oxygen atoms in total. The summed E-state index contributed by atoms with van der Waals surface area (Å²) < 4.78 is 15.7. The molecular weight excluding hydrogens is 445 g/mol. The Hall–Kier alpha value is -3.71. The number of amides is 1. The lowest BCUT2D eigenvalue weighted by Gasteiger charge is -2.18. The van der Waals surface area contributed by atoms with Crippen LogP contribution >= 0.6 is 11.6 Å². The van der Waals surface area contributed by atoms with Crippen molar-refractivity contribution in [2.75, 3.05) is 0 Å². The number of benzene rings is 3. The largest absolute Gasteiger partial charge is 0.348 e. The molecule has 1 amide bonds. The molecule has 33 heavy (non-hydrogen) atoms. The van der Waals surface area contributed by atoms with E-state index in [2.05, 4.69) is 5.32 Å². The van der Waals surface area contributed by atoms with Crippen LogP contribution in [0.3, 0.4) is 0 Å². The van der Waals surface area contributed by atoms with E-state index in [1.165, 1.54) is 16.7 Å². The van der Waals surface area contributed by atoms with Gasteiger partial charge in [-0.2, -0.15) is 0 Å². The number of fused-ring (bicyclic) bond motifs is 1. The van der Waals surface area contributed by atoms with Crippen molar-refractivity contribution in [3.63, 3.8) is 0 Å². The zero-order valence-electron chi connectivity index (χ0n) is 17.8. The van der Waals surface area contributed by atoms with Gasteiger partial charge in [0.15, 0.2) is 0 Å². The summed E-state index contributed by atoms with van der Waals surface area (Å²) in [6, 6.07) is 19.5. The molecule has 0 radical (unpaired) electrons. The van der Waals surface area contributed by atoms with Crippen molar-refractivity contribution in [1.29, 1.82) is 0 Å². The number of rotatable bonds is 6. The molecule has 0 aliphatic rings. The fourth-order valence-electron chi connectivity index (χ4n) is 3.74. The molecule has 4 aromatic rings. The third-order valence-corrected chi connectivity index (χ3v) is 5.66. The van der Waals surface area contributed by atoms with Crippen LogP contribution in [0.25, 0.3) is 11.0 Å². The molecule has 0 unspecified atom stereocenters. The van der Waals surface area contributed by atoms with Gasteiger partial charge in [0, 0.05) is 5.02 Å². The van der Waals surface area contributed by atoms with Crippen LogP contribution in [0.1, 0.15) is 24.1 Å². The quantitative estimate of drug-likeness (QED) is 0.439. The second-order valence-electron chi connectivity index (χ2n) is 7.74. The van der Waals surface area contributed by atoms with Crippen molar-refractivity contribution >= 4 is 28.5 Å². The molecule has 1 aromatic heterocycles. The van der Waals surface area contributed by atoms with E-state index in [0.29, 0.717) is 21.6 Å². The van der Waals surface area contributed by atoms with Crippen molar-refractivity contribution < 1.29 is 9.18 Å². The molecule has 0 bridgehead atoms. The Morgan fingerprint density at radius 3 is 2.30 bits per heavy atom. The van der Waals surface area contributed by atoms with Crippen molar-refractivity contribution in [1.82, 2.24) is 14.5 Å². The minimum atomic E-state index is -0.815. The maximum Gasteiger partial charge on any atom is 0.317 e. The fourth-order valence-corrected chi connectivity index (χ4v) is 3.90. The van der Waals surface area contributed by atoms with Gasteiger partial charge in [0.25, 0.3) is 0 Å². The Morgan fingerprint density at radius 1 is 0.939 bits per heavy atom. The van der Waals surface area contributed by atoms with Crippen LogP contribution < -0.4 is 16.4 Å². The standard InChI is InChI=1S/C25H21ClFN3O3/c1-16(18-7-10-20(27)11-8-18)28-23(31)15-30-22-13-19(26)9-12-21(22)29(24(32)25(30)33)14-17-5-3-2-4-6-17/h2-13,16H,14-15H2,1H3,(H,28,31)/t16-/m0/s1. The van der Waals surface area contributed by atoms with E-state index in [1.54, 1.807) is 37.3 Å². The van der Waals surface area contributed by atoms with E-state index in [1.807, 2.05) is 30.3 Å². The van der Waals surface area contributed by atoms with E-state index in [4.69, 9.17) is 11.6 Å². The Balaban J connectivity index is 1.70. The number of carbonyl (C=O) groups excluding carboxylic acids is 1. The van der Waals surface area contributed by atoms with Gasteiger partial charge in [0.1, 0.15) is 12.4 Å². The predicted octanol–water partition coefficient (Wildman–Crippen LogP) is 3.88. The van der Waals surface area contributed by atoms with E-state index >= 15 is 0 Å². The molecule has 1 heterocycles. The summed E-state index contributed by atoms with van der Waals surface area (Å²) in [7, 11) is 0. The molecule has 0 aliphatic heterocycles. The van der Waals surface area contributed by atoms with Crippen LogP contribution in [0.4, 0.5) is 4.39 Å². The first kappa shape index (κ1) is 22.5. The minimum Gasteiger partial charge on any atom is -0.348 e. The summed E-state index contributed by atoms with van der Waals surface area (Å²) >= 11 is 6.18. The van der Waals surface area contributed by atoms with Crippen LogP contribution in [-0.4, -0.2) is 15.0 Å². The summed E-state index contributed by atoms with van der Waals surface area (Å²) in [5.74, 6) is -0.835. The van der Waals surface area contributed by atoms with Gasteiger partial charge in [0.2, 0.25) is 5.91 Å². The average Bonchev–Trinajstić information content (AvgIpc) is 2.80. The number of hydrogen-bond acceptors (Lipinski definition) is 3. The van der Waals surface area contributed by atoms with Gasteiger partial charge in [-0.05, 0) is 48.4 Å².